The van der Waals surface area contributed by atoms with Crippen LogP contribution in [0.25, 0.3) is 0 Å². The average Bonchev–Trinajstić information content (AvgIpc) is 2.65. The maximum atomic E-state index is 13.1. The Kier molecular flexibility index (Phi) is 6.11. The molecule has 0 aromatic heterocycles. The number of benzene rings is 2. The van der Waals surface area contributed by atoms with Crippen molar-refractivity contribution in [3.8, 4) is 5.75 Å². The number of piperazine rings is 1. The van der Waals surface area contributed by atoms with E-state index in [1.807, 2.05) is 18.2 Å². The Morgan fingerprint density at radius 1 is 1.07 bits per heavy atom. The first-order chi connectivity index (χ1) is 12.8. The Hall–Kier alpha value is -1.60. The molecule has 2 atom stereocenters. The molecule has 0 N–H and O–H groups in total. The van der Waals surface area contributed by atoms with Crippen molar-refractivity contribution in [1.29, 1.82) is 0 Å². The van der Waals surface area contributed by atoms with Crippen LogP contribution in [0.15, 0.2) is 53.4 Å². The van der Waals surface area contributed by atoms with Crippen LogP contribution in [0.5, 0.6) is 5.75 Å². The van der Waals surface area contributed by atoms with Crippen molar-refractivity contribution in [2.24, 2.45) is 0 Å². The summed E-state index contributed by atoms with van der Waals surface area (Å²) < 4.78 is 32.9. The minimum atomic E-state index is -3.60. The van der Waals surface area contributed by atoms with Crippen LogP contribution < -0.4 is 4.74 Å². The van der Waals surface area contributed by atoms with E-state index in [-0.39, 0.29) is 17.0 Å². The van der Waals surface area contributed by atoms with Crippen LogP contribution in [0.2, 0.25) is 5.02 Å². The lowest BCUT2D eigenvalue weighted by Gasteiger charge is -2.43. The second-order valence-corrected chi connectivity index (χ2v) is 9.32. The van der Waals surface area contributed by atoms with Crippen molar-refractivity contribution in [1.82, 2.24) is 9.21 Å². The van der Waals surface area contributed by atoms with E-state index in [0.29, 0.717) is 23.9 Å². The van der Waals surface area contributed by atoms with E-state index in [0.717, 1.165) is 6.54 Å². The molecule has 1 aliphatic rings. The molecule has 0 spiro atoms. The fourth-order valence-corrected chi connectivity index (χ4v) is 5.52. The normalized spacial score (nSPS) is 21.9. The standard InChI is InChI=1S/C20H25ClN2O3S/c1-15-12-22(13-16(2)23(15)14-17-7-5-4-6-8-17)27(24,25)18-9-10-20(26-3)19(21)11-18/h4-11,15-16H,12-14H2,1-3H3. The van der Waals surface area contributed by atoms with Crippen molar-refractivity contribution in [3.63, 3.8) is 0 Å². The Bertz CT molecular complexity index is 877. The van der Waals surface area contributed by atoms with Crippen LogP contribution in [-0.4, -0.2) is 49.9 Å². The molecule has 27 heavy (non-hydrogen) atoms. The molecular formula is C20H25ClN2O3S. The van der Waals surface area contributed by atoms with Crippen molar-refractivity contribution in [2.75, 3.05) is 20.2 Å². The second kappa shape index (κ2) is 8.19. The highest BCUT2D eigenvalue weighted by molar-refractivity contribution is 7.89. The number of rotatable bonds is 5. The smallest absolute Gasteiger partial charge is 0.243 e. The molecule has 1 aliphatic heterocycles. The molecule has 7 heteroatoms. The first-order valence-electron chi connectivity index (χ1n) is 8.96. The summed E-state index contributed by atoms with van der Waals surface area (Å²) in [6.45, 7) is 5.85. The zero-order chi connectivity index (χ0) is 19.6. The molecule has 5 nitrogen and oxygen atoms in total. The molecule has 146 valence electrons. The monoisotopic (exact) mass is 408 g/mol. The molecule has 3 rings (SSSR count). The van der Waals surface area contributed by atoms with Gasteiger partial charge in [-0.15, -0.1) is 0 Å². The van der Waals surface area contributed by atoms with Gasteiger partial charge in [0.05, 0.1) is 17.0 Å². The molecule has 2 aromatic carbocycles. The lowest BCUT2D eigenvalue weighted by molar-refractivity contribution is 0.0699. The summed E-state index contributed by atoms with van der Waals surface area (Å²) in [6.07, 6.45) is 0. The summed E-state index contributed by atoms with van der Waals surface area (Å²) in [4.78, 5) is 2.55. The van der Waals surface area contributed by atoms with E-state index in [4.69, 9.17) is 16.3 Å². The first kappa shape index (κ1) is 20.1. The molecule has 1 heterocycles. The predicted octanol–water partition coefficient (Wildman–Crippen LogP) is 3.63. The third kappa shape index (κ3) is 4.29. The van der Waals surface area contributed by atoms with Crippen molar-refractivity contribution in [2.45, 2.75) is 37.4 Å². The topological polar surface area (TPSA) is 49.9 Å². The van der Waals surface area contributed by atoms with Gasteiger partial charge in [-0.2, -0.15) is 4.31 Å². The van der Waals surface area contributed by atoms with E-state index < -0.39 is 10.0 Å². The Balaban J connectivity index is 1.78. The van der Waals surface area contributed by atoms with Gasteiger partial charge in [-0.3, -0.25) is 4.90 Å². The minimum Gasteiger partial charge on any atom is -0.495 e. The summed E-state index contributed by atoms with van der Waals surface area (Å²) in [5, 5.41) is 0.294. The second-order valence-electron chi connectivity index (χ2n) is 6.97. The predicted molar refractivity (Wildman–Crippen MR) is 108 cm³/mol. The van der Waals surface area contributed by atoms with E-state index in [2.05, 4.69) is 30.9 Å². The van der Waals surface area contributed by atoms with Gasteiger partial charge >= 0.3 is 0 Å². The molecule has 0 amide bonds. The Morgan fingerprint density at radius 3 is 2.26 bits per heavy atom. The average molecular weight is 409 g/mol. The van der Waals surface area contributed by atoms with Gasteiger partial charge in [-0.1, -0.05) is 41.9 Å². The van der Waals surface area contributed by atoms with Gasteiger partial charge in [-0.25, -0.2) is 8.42 Å². The molecule has 0 bridgehead atoms. The zero-order valence-electron chi connectivity index (χ0n) is 15.8. The molecule has 1 fully saturated rings. The quantitative estimate of drug-likeness (QED) is 0.758. The van der Waals surface area contributed by atoms with Gasteiger partial charge < -0.3 is 4.74 Å². The summed E-state index contributed by atoms with van der Waals surface area (Å²) in [5.74, 6) is 0.463. The van der Waals surface area contributed by atoms with E-state index in [9.17, 15) is 8.42 Å². The Labute approximate surface area is 166 Å². The lowest BCUT2D eigenvalue weighted by atomic mass is 10.1. The first-order valence-corrected chi connectivity index (χ1v) is 10.8. The van der Waals surface area contributed by atoms with E-state index >= 15 is 0 Å². The van der Waals surface area contributed by atoms with Crippen molar-refractivity contribution >= 4 is 21.6 Å². The van der Waals surface area contributed by atoms with Gasteiger partial charge in [0.15, 0.2) is 0 Å². The van der Waals surface area contributed by atoms with Crippen LogP contribution in [0.3, 0.4) is 0 Å². The van der Waals surface area contributed by atoms with Crippen molar-refractivity contribution < 1.29 is 13.2 Å². The maximum Gasteiger partial charge on any atom is 0.243 e. The molecule has 1 saturated heterocycles. The summed E-state index contributed by atoms with van der Waals surface area (Å²) in [5.41, 5.74) is 1.23. The maximum absolute atomic E-state index is 13.1. The molecule has 2 unspecified atom stereocenters. The van der Waals surface area contributed by atoms with E-state index in [1.54, 1.807) is 16.4 Å². The lowest BCUT2D eigenvalue weighted by Crippen LogP contribution is -2.57. The number of methoxy groups -OCH3 is 1. The fraction of sp³-hybridized carbons (Fsp3) is 0.400. The van der Waals surface area contributed by atoms with Gasteiger partial charge in [0.25, 0.3) is 0 Å². The summed E-state index contributed by atoms with van der Waals surface area (Å²) in [6, 6.07) is 15.1. The molecular weight excluding hydrogens is 384 g/mol. The number of sulfonamides is 1. The minimum absolute atomic E-state index is 0.109. The van der Waals surface area contributed by atoms with Gasteiger partial charge in [-0.05, 0) is 37.6 Å². The molecule has 0 saturated carbocycles. The number of ether oxygens (including phenoxy) is 1. The highest BCUT2D eigenvalue weighted by Gasteiger charge is 2.36. The third-order valence-electron chi connectivity index (χ3n) is 5.04. The molecule has 0 radical (unpaired) electrons. The van der Waals surface area contributed by atoms with Crippen LogP contribution >= 0.6 is 11.6 Å². The van der Waals surface area contributed by atoms with Gasteiger partial charge in [0.1, 0.15) is 5.75 Å². The number of halogens is 1. The van der Waals surface area contributed by atoms with E-state index in [1.165, 1.54) is 18.7 Å². The highest BCUT2D eigenvalue weighted by atomic mass is 35.5. The molecule has 2 aromatic rings. The zero-order valence-corrected chi connectivity index (χ0v) is 17.4. The fourth-order valence-electron chi connectivity index (χ4n) is 3.57. The highest BCUT2D eigenvalue weighted by Crippen LogP contribution is 2.30. The van der Waals surface area contributed by atoms with Crippen LogP contribution in [0, 0.1) is 0 Å². The Morgan fingerprint density at radius 2 is 1.70 bits per heavy atom. The summed E-state index contributed by atoms with van der Waals surface area (Å²) in [7, 11) is -2.10. The van der Waals surface area contributed by atoms with Gasteiger partial charge in [0.2, 0.25) is 10.0 Å². The third-order valence-corrected chi connectivity index (χ3v) is 7.16. The van der Waals surface area contributed by atoms with Gasteiger partial charge in [0, 0.05) is 31.7 Å². The van der Waals surface area contributed by atoms with Crippen LogP contribution in [-0.2, 0) is 16.6 Å². The SMILES string of the molecule is COc1ccc(S(=O)(=O)N2CC(C)N(Cc3ccccc3)C(C)C2)cc1Cl. The molecule has 0 aliphatic carbocycles. The van der Waals surface area contributed by atoms with Crippen LogP contribution in [0.4, 0.5) is 0 Å². The number of hydrogen-bond donors (Lipinski definition) is 0. The number of nitrogens with zero attached hydrogens (tertiary/aromatic N) is 2. The van der Waals surface area contributed by atoms with Crippen LogP contribution in [0.1, 0.15) is 19.4 Å². The largest absolute Gasteiger partial charge is 0.495 e. The van der Waals surface area contributed by atoms with Crippen molar-refractivity contribution in [3.05, 3.63) is 59.1 Å². The summed E-state index contributed by atoms with van der Waals surface area (Å²) >= 11 is 6.13. The number of hydrogen-bond acceptors (Lipinski definition) is 4.